The fourth-order valence-corrected chi connectivity index (χ4v) is 3.38. The second kappa shape index (κ2) is 7.50. The predicted octanol–water partition coefficient (Wildman–Crippen LogP) is 4.21. The summed E-state index contributed by atoms with van der Waals surface area (Å²) >= 11 is 9.31. The fourth-order valence-electron chi connectivity index (χ4n) is 2.90. The zero-order chi connectivity index (χ0) is 19.8. The van der Waals surface area contributed by atoms with Gasteiger partial charge in [0.1, 0.15) is 0 Å². The molecule has 2 aromatic carbocycles. The Morgan fingerprint density at radius 3 is 2.63 bits per heavy atom. The quantitative estimate of drug-likeness (QED) is 0.650. The van der Waals surface area contributed by atoms with Crippen LogP contribution in [0.3, 0.4) is 0 Å². The first-order valence-electron chi connectivity index (χ1n) is 8.47. The highest BCUT2D eigenvalue weighted by Gasteiger charge is 2.52. The lowest BCUT2D eigenvalue weighted by molar-refractivity contribution is -0.140. The number of anilines is 2. The maximum atomic E-state index is 13.1. The Morgan fingerprint density at radius 2 is 2.00 bits per heavy atom. The largest absolute Gasteiger partial charge is 0.359 e. The highest BCUT2D eigenvalue weighted by molar-refractivity contribution is 9.10. The molecule has 1 heterocycles. The van der Waals surface area contributed by atoms with Crippen LogP contribution in [0.25, 0.3) is 0 Å². The van der Waals surface area contributed by atoms with Gasteiger partial charge in [-0.2, -0.15) is 0 Å². The molecule has 1 aliphatic heterocycles. The molecule has 142 valence electrons. The van der Waals surface area contributed by atoms with E-state index in [0.29, 0.717) is 27.3 Å². The number of hydrogen-bond donors (Lipinski definition) is 3. The number of nitrogens with zero attached hydrogens (tertiary/aromatic N) is 1. The summed E-state index contributed by atoms with van der Waals surface area (Å²) in [5.41, 5.74) is -1.25. The molecule has 6 nitrogen and oxygen atoms in total. The summed E-state index contributed by atoms with van der Waals surface area (Å²) in [6, 6.07) is 10.5. The molecule has 8 heteroatoms. The van der Waals surface area contributed by atoms with Crippen molar-refractivity contribution in [2.45, 2.75) is 32.0 Å². The molecule has 0 radical (unpaired) electrons. The van der Waals surface area contributed by atoms with Gasteiger partial charge in [0, 0.05) is 26.8 Å². The van der Waals surface area contributed by atoms with Crippen LogP contribution < -0.4 is 15.5 Å². The third kappa shape index (κ3) is 3.54. The SMILES string of the molecule is CC[C@@H](C)NC(=O)[C@@]1(O)c2cc(Br)ccc2NC(=O)N1c1ccc(Cl)cc1. The molecule has 0 saturated carbocycles. The Bertz CT molecular complexity index is 890. The Morgan fingerprint density at radius 1 is 1.33 bits per heavy atom. The molecule has 0 saturated heterocycles. The second-order valence-corrected chi connectivity index (χ2v) is 7.74. The van der Waals surface area contributed by atoms with Crippen molar-refractivity contribution in [2.75, 3.05) is 10.2 Å². The van der Waals surface area contributed by atoms with E-state index in [1.165, 1.54) is 0 Å². The Labute approximate surface area is 170 Å². The monoisotopic (exact) mass is 451 g/mol. The van der Waals surface area contributed by atoms with Gasteiger partial charge in [-0.15, -0.1) is 0 Å². The fraction of sp³-hybridized carbons (Fsp3) is 0.263. The number of nitrogens with one attached hydrogen (secondary N) is 2. The molecule has 0 unspecified atom stereocenters. The van der Waals surface area contributed by atoms with Gasteiger partial charge < -0.3 is 15.7 Å². The molecule has 3 amide bonds. The van der Waals surface area contributed by atoms with Gasteiger partial charge in [0.2, 0.25) is 0 Å². The number of urea groups is 1. The third-order valence-electron chi connectivity index (χ3n) is 4.52. The Hall–Kier alpha value is -2.09. The number of aliphatic hydroxyl groups is 1. The van der Waals surface area contributed by atoms with Crippen molar-refractivity contribution in [3.05, 3.63) is 57.5 Å². The maximum absolute atomic E-state index is 13.1. The van der Waals surface area contributed by atoms with Crippen molar-refractivity contribution in [3.63, 3.8) is 0 Å². The van der Waals surface area contributed by atoms with Gasteiger partial charge in [-0.1, -0.05) is 34.5 Å². The first-order chi connectivity index (χ1) is 12.8. The highest BCUT2D eigenvalue weighted by Crippen LogP contribution is 2.41. The van der Waals surface area contributed by atoms with E-state index < -0.39 is 17.7 Å². The highest BCUT2D eigenvalue weighted by atomic mass is 79.9. The molecule has 0 spiro atoms. The van der Waals surface area contributed by atoms with Crippen LogP contribution in [0.4, 0.5) is 16.2 Å². The summed E-state index contributed by atoms with van der Waals surface area (Å²) < 4.78 is 0.670. The number of benzene rings is 2. The molecular formula is C19H19BrClN3O3. The van der Waals surface area contributed by atoms with Crippen LogP contribution in [0.2, 0.25) is 5.02 Å². The van der Waals surface area contributed by atoms with Crippen molar-refractivity contribution in [3.8, 4) is 0 Å². The molecule has 1 aliphatic rings. The van der Waals surface area contributed by atoms with Crippen molar-refractivity contribution in [1.29, 1.82) is 0 Å². The number of carbonyl (C=O) groups excluding carboxylic acids is 2. The molecular weight excluding hydrogens is 434 g/mol. The summed E-state index contributed by atoms with van der Waals surface area (Å²) in [4.78, 5) is 27.0. The first-order valence-corrected chi connectivity index (χ1v) is 9.64. The van der Waals surface area contributed by atoms with Crippen molar-refractivity contribution in [2.24, 2.45) is 0 Å². The Kier molecular flexibility index (Phi) is 5.46. The molecule has 2 atom stereocenters. The van der Waals surface area contributed by atoms with Crippen molar-refractivity contribution >= 4 is 50.8 Å². The van der Waals surface area contributed by atoms with E-state index in [9.17, 15) is 14.7 Å². The molecule has 0 bridgehead atoms. The van der Waals surface area contributed by atoms with Gasteiger partial charge in [0.05, 0.1) is 5.69 Å². The Balaban J connectivity index is 2.19. The van der Waals surface area contributed by atoms with Crippen LogP contribution in [-0.2, 0) is 10.5 Å². The standard InChI is InChI=1S/C19H19BrClN3O3/c1-3-11(2)22-17(25)19(27)15-10-12(20)4-9-16(15)23-18(26)24(19)14-7-5-13(21)6-8-14/h4-11,27H,3H2,1-2H3,(H,22,25)(H,23,26)/t11-,19+/m1/s1. The molecule has 27 heavy (non-hydrogen) atoms. The van der Waals surface area contributed by atoms with E-state index in [0.717, 1.165) is 4.90 Å². The number of fused-ring (bicyclic) bond motifs is 1. The predicted molar refractivity (Wildman–Crippen MR) is 109 cm³/mol. The molecule has 0 fully saturated rings. The average molecular weight is 453 g/mol. The molecule has 2 aromatic rings. The van der Waals surface area contributed by atoms with Crippen LogP contribution in [-0.4, -0.2) is 23.1 Å². The van der Waals surface area contributed by atoms with Crippen molar-refractivity contribution in [1.82, 2.24) is 5.32 Å². The lowest BCUT2D eigenvalue weighted by Crippen LogP contribution is -2.63. The maximum Gasteiger partial charge on any atom is 0.329 e. The zero-order valence-corrected chi connectivity index (χ0v) is 17.1. The first kappa shape index (κ1) is 19.7. The summed E-state index contributed by atoms with van der Waals surface area (Å²) in [6.07, 6.45) is 0.681. The van der Waals surface area contributed by atoms with Gasteiger partial charge in [-0.25, -0.2) is 4.79 Å². The number of amides is 3. The normalized spacial score (nSPS) is 19.9. The van der Waals surface area contributed by atoms with E-state index in [4.69, 9.17) is 11.6 Å². The average Bonchev–Trinajstić information content (AvgIpc) is 2.63. The van der Waals surface area contributed by atoms with Crippen LogP contribution >= 0.6 is 27.5 Å². The van der Waals surface area contributed by atoms with Gasteiger partial charge in [-0.3, -0.25) is 9.69 Å². The van der Waals surface area contributed by atoms with Gasteiger partial charge in [0.15, 0.2) is 0 Å². The van der Waals surface area contributed by atoms with E-state index in [1.807, 2.05) is 13.8 Å². The minimum absolute atomic E-state index is 0.172. The second-order valence-electron chi connectivity index (χ2n) is 6.39. The summed E-state index contributed by atoms with van der Waals surface area (Å²) in [5.74, 6) is -0.680. The number of rotatable bonds is 4. The zero-order valence-electron chi connectivity index (χ0n) is 14.8. The summed E-state index contributed by atoms with van der Waals surface area (Å²) in [7, 11) is 0. The van der Waals surface area contributed by atoms with Crippen LogP contribution in [0.1, 0.15) is 25.8 Å². The minimum atomic E-state index is -2.22. The van der Waals surface area contributed by atoms with Crippen molar-refractivity contribution < 1.29 is 14.7 Å². The van der Waals surface area contributed by atoms with Crippen LogP contribution in [0.5, 0.6) is 0 Å². The number of halogens is 2. The van der Waals surface area contributed by atoms with E-state index in [2.05, 4.69) is 26.6 Å². The van der Waals surface area contributed by atoms with E-state index >= 15 is 0 Å². The smallest absolute Gasteiger partial charge is 0.329 e. The summed E-state index contributed by atoms with van der Waals surface area (Å²) in [6.45, 7) is 3.75. The topological polar surface area (TPSA) is 81.7 Å². The molecule has 3 N–H and O–H groups in total. The lowest BCUT2D eigenvalue weighted by atomic mass is 9.94. The lowest BCUT2D eigenvalue weighted by Gasteiger charge is -2.43. The summed E-state index contributed by atoms with van der Waals surface area (Å²) in [5, 5.41) is 17.6. The van der Waals surface area contributed by atoms with Gasteiger partial charge in [0.25, 0.3) is 11.6 Å². The third-order valence-corrected chi connectivity index (χ3v) is 5.26. The van der Waals surface area contributed by atoms with Gasteiger partial charge in [-0.05, 0) is 55.8 Å². The number of hydrogen-bond acceptors (Lipinski definition) is 3. The van der Waals surface area contributed by atoms with E-state index in [-0.39, 0.29) is 11.6 Å². The van der Waals surface area contributed by atoms with E-state index in [1.54, 1.807) is 42.5 Å². The van der Waals surface area contributed by atoms with Gasteiger partial charge >= 0.3 is 6.03 Å². The van der Waals surface area contributed by atoms with Crippen LogP contribution in [0, 0.1) is 0 Å². The molecule has 0 aliphatic carbocycles. The van der Waals surface area contributed by atoms with Crippen LogP contribution in [0.15, 0.2) is 46.9 Å². The number of carbonyl (C=O) groups is 2. The molecule has 0 aromatic heterocycles. The molecule has 3 rings (SSSR count). The minimum Gasteiger partial charge on any atom is -0.359 e.